The van der Waals surface area contributed by atoms with Gasteiger partial charge < -0.3 is 14.6 Å². The number of hydrogen-bond acceptors (Lipinski definition) is 3. The highest BCUT2D eigenvalue weighted by Crippen LogP contribution is 2.36. The van der Waals surface area contributed by atoms with Crippen LogP contribution in [-0.2, 0) is 15.1 Å². The minimum atomic E-state index is -1.37. The van der Waals surface area contributed by atoms with E-state index >= 15 is 0 Å². The summed E-state index contributed by atoms with van der Waals surface area (Å²) in [4.78, 5) is 0. The van der Waals surface area contributed by atoms with Gasteiger partial charge in [0.15, 0.2) is 6.29 Å². The number of aliphatic hydroxyl groups is 1. The average molecular weight is 265 g/mol. The van der Waals surface area contributed by atoms with Crippen molar-refractivity contribution in [2.75, 3.05) is 14.2 Å². The third-order valence-electron chi connectivity index (χ3n) is 2.38. The van der Waals surface area contributed by atoms with Crippen LogP contribution in [0.5, 0.6) is 0 Å². The third kappa shape index (κ3) is 2.50. The number of halogens is 2. The molecule has 1 rings (SSSR count). The zero-order valence-electron chi connectivity index (χ0n) is 9.33. The first-order chi connectivity index (χ1) is 7.45. The number of benzene rings is 1. The highest BCUT2D eigenvalue weighted by atomic mass is 35.5. The van der Waals surface area contributed by atoms with Gasteiger partial charge in [0.25, 0.3) is 0 Å². The molecule has 16 heavy (non-hydrogen) atoms. The predicted octanol–water partition coefficient (Wildman–Crippen LogP) is 2.82. The summed E-state index contributed by atoms with van der Waals surface area (Å²) in [6.07, 6.45) is -0.816. The molecule has 0 saturated heterocycles. The Morgan fingerprint density at radius 3 is 2.31 bits per heavy atom. The minimum Gasteiger partial charge on any atom is -0.380 e. The van der Waals surface area contributed by atoms with E-state index in [1.807, 2.05) is 0 Å². The average Bonchev–Trinajstić information content (AvgIpc) is 2.23. The Morgan fingerprint density at radius 1 is 1.25 bits per heavy atom. The Kier molecular flexibility index (Phi) is 4.59. The Labute approximate surface area is 105 Å². The second kappa shape index (κ2) is 5.34. The summed E-state index contributed by atoms with van der Waals surface area (Å²) in [5.74, 6) is 0. The van der Waals surface area contributed by atoms with E-state index < -0.39 is 11.9 Å². The van der Waals surface area contributed by atoms with E-state index in [1.165, 1.54) is 14.2 Å². The van der Waals surface area contributed by atoms with Gasteiger partial charge in [0.05, 0.1) is 10.0 Å². The summed E-state index contributed by atoms with van der Waals surface area (Å²) in [6.45, 7) is 1.56. The van der Waals surface area contributed by atoms with Crippen molar-refractivity contribution in [2.45, 2.75) is 18.8 Å². The Morgan fingerprint density at radius 2 is 1.81 bits per heavy atom. The van der Waals surface area contributed by atoms with Gasteiger partial charge in [-0.25, -0.2) is 0 Å². The van der Waals surface area contributed by atoms with Crippen LogP contribution in [0, 0.1) is 0 Å². The molecule has 0 spiro atoms. The van der Waals surface area contributed by atoms with Gasteiger partial charge in [0, 0.05) is 19.8 Å². The van der Waals surface area contributed by atoms with Crippen LogP contribution >= 0.6 is 23.2 Å². The SMILES string of the molecule is COC(OC)C(C)(O)c1cccc(Cl)c1Cl. The smallest absolute Gasteiger partial charge is 0.189 e. The minimum absolute atomic E-state index is 0.299. The fourth-order valence-corrected chi connectivity index (χ4v) is 2.07. The lowest BCUT2D eigenvalue weighted by molar-refractivity contribution is -0.213. The van der Waals surface area contributed by atoms with Crippen molar-refractivity contribution in [1.82, 2.24) is 0 Å². The summed E-state index contributed by atoms with van der Waals surface area (Å²) in [5, 5.41) is 11.0. The van der Waals surface area contributed by atoms with Crippen molar-refractivity contribution in [3.05, 3.63) is 33.8 Å². The summed E-state index contributed by atoms with van der Waals surface area (Å²) < 4.78 is 10.1. The predicted molar refractivity (Wildman–Crippen MR) is 63.8 cm³/mol. The summed E-state index contributed by atoms with van der Waals surface area (Å²) >= 11 is 11.9. The van der Waals surface area contributed by atoms with Gasteiger partial charge >= 0.3 is 0 Å². The zero-order valence-corrected chi connectivity index (χ0v) is 10.8. The van der Waals surface area contributed by atoms with Crippen molar-refractivity contribution in [3.8, 4) is 0 Å². The van der Waals surface area contributed by atoms with Gasteiger partial charge in [-0.2, -0.15) is 0 Å². The molecule has 0 saturated carbocycles. The lowest BCUT2D eigenvalue weighted by Gasteiger charge is -2.31. The number of rotatable bonds is 4. The number of ether oxygens (including phenoxy) is 2. The lowest BCUT2D eigenvalue weighted by Crippen LogP contribution is -2.39. The van der Waals surface area contributed by atoms with Gasteiger partial charge in [-0.15, -0.1) is 0 Å². The molecule has 3 nitrogen and oxygen atoms in total. The maximum Gasteiger partial charge on any atom is 0.189 e. The van der Waals surface area contributed by atoms with Crippen LogP contribution in [0.25, 0.3) is 0 Å². The Hall–Kier alpha value is -0.320. The second-order valence-corrected chi connectivity index (χ2v) is 4.34. The molecular weight excluding hydrogens is 251 g/mol. The standard InChI is InChI=1S/C11H14Cl2O3/c1-11(14,10(15-2)16-3)7-5-4-6-8(12)9(7)13/h4-6,10,14H,1-3H3. The third-order valence-corrected chi connectivity index (χ3v) is 3.20. The highest BCUT2D eigenvalue weighted by Gasteiger charge is 2.36. The monoisotopic (exact) mass is 264 g/mol. The molecular formula is C11H14Cl2O3. The van der Waals surface area contributed by atoms with Gasteiger partial charge in [0.2, 0.25) is 0 Å². The zero-order chi connectivity index (χ0) is 12.3. The van der Waals surface area contributed by atoms with Crippen LogP contribution in [0.4, 0.5) is 0 Å². The van der Waals surface area contributed by atoms with Crippen molar-refractivity contribution >= 4 is 23.2 Å². The van der Waals surface area contributed by atoms with E-state index in [1.54, 1.807) is 25.1 Å². The summed E-state index contributed by atoms with van der Waals surface area (Å²) in [5.41, 5.74) is -0.902. The topological polar surface area (TPSA) is 38.7 Å². The maximum atomic E-state index is 10.4. The van der Waals surface area contributed by atoms with Gasteiger partial charge in [-0.3, -0.25) is 0 Å². The van der Waals surface area contributed by atoms with E-state index in [0.717, 1.165) is 0 Å². The van der Waals surface area contributed by atoms with Crippen molar-refractivity contribution < 1.29 is 14.6 Å². The highest BCUT2D eigenvalue weighted by molar-refractivity contribution is 6.42. The molecule has 1 atom stereocenters. The normalized spacial score (nSPS) is 15.2. The molecule has 1 aromatic carbocycles. The molecule has 0 fully saturated rings. The Bertz CT molecular complexity index is 362. The molecule has 0 aliphatic carbocycles. The van der Waals surface area contributed by atoms with E-state index in [4.69, 9.17) is 32.7 Å². The largest absolute Gasteiger partial charge is 0.380 e. The van der Waals surface area contributed by atoms with Gasteiger partial charge in [0.1, 0.15) is 5.60 Å². The van der Waals surface area contributed by atoms with E-state index in [0.29, 0.717) is 15.6 Å². The van der Waals surface area contributed by atoms with Crippen molar-refractivity contribution in [3.63, 3.8) is 0 Å². The first-order valence-corrected chi connectivity index (χ1v) is 5.43. The fourth-order valence-electron chi connectivity index (χ4n) is 1.58. The van der Waals surface area contributed by atoms with Crippen LogP contribution in [0.15, 0.2) is 18.2 Å². The molecule has 0 aliphatic heterocycles. The molecule has 1 unspecified atom stereocenters. The first kappa shape index (κ1) is 13.7. The summed E-state index contributed by atoms with van der Waals surface area (Å²) in [6, 6.07) is 5.04. The van der Waals surface area contributed by atoms with Crippen LogP contribution in [0.2, 0.25) is 10.0 Å². The van der Waals surface area contributed by atoms with E-state index in [9.17, 15) is 5.11 Å². The van der Waals surface area contributed by atoms with Crippen LogP contribution in [0.1, 0.15) is 12.5 Å². The molecule has 1 N–H and O–H groups in total. The van der Waals surface area contributed by atoms with Gasteiger partial charge in [-0.05, 0) is 13.0 Å². The maximum absolute atomic E-state index is 10.4. The summed E-state index contributed by atoms with van der Waals surface area (Å²) in [7, 11) is 2.89. The molecule has 0 radical (unpaired) electrons. The number of methoxy groups -OCH3 is 2. The van der Waals surface area contributed by atoms with E-state index in [-0.39, 0.29) is 0 Å². The van der Waals surface area contributed by atoms with Crippen LogP contribution in [-0.4, -0.2) is 25.6 Å². The molecule has 90 valence electrons. The second-order valence-electron chi connectivity index (χ2n) is 3.55. The first-order valence-electron chi connectivity index (χ1n) is 4.67. The molecule has 0 aliphatic rings. The van der Waals surface area contributed by atoms with Crippen molar-refractivity contribution in [1.29, 1.82) is 0 Å². The lowest BCUT2D eigenvalue weighted by atomic mass is 9.95. The van der Waals surface area contributed by atoms with Crippen molar-refractivity contribution in [2.24, 2.45) is 0 Å². The van der Waals surface area contributed by atoms with E-state index in [2.05, 4.69) is 0 Å². The molecule has 0 bridgehead atoms. The molecule has 0 aromatic heterocycles. The fraction of sp³-hybridized carbons (Fsp3) is 0.455. The molecule has 5 heteroatoms. The Balaban J connectivity index is 3.20. The quantitative estimate of drug-likeness (QED) is 0.851. The van der Waals surface area contributed by atoms with Crippen LogP contribution < -0.4 is 0 Å². The molecule has 0 heterocycles. The van der Waals surface area contributed by atoms with Crippen LogP contribution in [0.3, 0.4) is 0 Å². The van der Waals surface area contributed by atoms with Gasteiger partial charge in [-0.1, -0.05) is 35.3 Å². The molecule has 0 amide bonds. The molecule has 1 aromatic rings. The number of hydrogen-bond donors (Lipinski definition) is 1.